The second-order valence-electron chi connectivity index (χ2n) is 6.13. The fourth-order valence-electron chi connectivity index (χ4n) is 4.09. The van der Waals surface area contributed by atoms with E-state index in [1.54, 1.807) is 0 Å². The summed E-state index contributed by atoms with van der Waals surface area (Å²) in [6.07, 6.45) is 9.53. The van der Waals surface area contributed by atoms with Crippen molar-refractivity contribution >= 4 is 0 Å². The minimum Gasteiger partial charge on any atom is -0.379 e. The van der Waals surface area contributed by atoms with Gasteiger partial charge < -0.3 is 10.5 Å². The Labute approximate surface area is 105 Å². The molecule has 2 saturated carbocycles. The number of hydrogen-bond acceptors (Lipinski definition) is 3. The van der Waals surface area contributed by atoms with Crippen molar-refractivity contribution in [1.29, 1.82) is 0 Å². The van der Waals surface area contributed by atoms with E-state index in [2.05, 4.69) is 4.90 Å². The molecule has 3 fully saturated rings. The molecular formula is C14H26N2O. The predicted molar refractivity (Wildman–Crippen MR) is 68.9 cm³/mol. The highest BCUT2D eigenvalue weighted by Gasteiger charge is 2.48. The van der Waals surface area contributed by atoms with Gasteiger partial charge in [0, 0.05) is 24.7 Å². The van der Waals surface area contributed by atoms with Crippen LogP contribution in [0.2, 0.25) is 0 Å². The molecule has 1 heterocycles. The average molecular weight is 238 g/mol. The van der Waals surface area contributed by atoms with E-state index in [0.717, 1.165) is 32.2 Å². The third-order valence-corrected chi connectivity index (χ3v) is 5.39. The quantitative estimate of drug-likeness (QED) is 0.814. The molecule has 1 unspecified atom stereocenters. The summed E-state index contributed by atoms with van der Waals surface area (Å²) < 4.78 is 5.50. The zero-order chi connectivity index (χ0) is 11.7. The second kappa shape index (κ2) is 4.87. The summed E-state index contributed by atoms with van der Waals surface area (Å²) >= 11 is 0. The van der Waals surface area contributed by atoms with Gasteiger partial charge >= 0.3 is 0 Å². The Morgan fingerprint density at radius 3 is 2.24 bits per heavy atom. The Morgan fingerprint density at radius 2 is 1.71 bits per heavy atom. The lowest BCUT2D eigenvalue weighted by molar-refractivity contribution is -0.0439. The van der Waals surface area contributed by atoms with Crippen molar-refractivity contribution < 1.29 is 4.74 Å². The summed E-state index contributed by atoms with van der Waals surface area (Å²) in [7, 11) is 0. The smallest absolute Gasteiger partial charge is 0.0594 e. The molecule has 0 aromatic rings. The molecule has 0 spiro atoms. The Morgan fingerprint density at radius 1 is 1.06 bits per heavy atom. The molecule has 2 aliphatic carbocycles. The highest BCUT2D eigenvalue weighted by Crippen LogP contribution is 2.44. The molecule has 1 atom stereocenters. The maximum Gasteiger partial charge on any atom is 0.0594 e. The first-order valence-electron chi connectivity index (χ1n) is 7.41. The number of morpholine rings is 1. The van der Waals surface area contributed by atoms with Crippen LogP contribution in [0.5, 0.6) is 0 Å². The van der Waals surface area contributed by atoms with Crippen LogP contribution in [0.25, 0.3) is 0 Å². The standard InChI is InChI=1S/C14H26N2O/c15-13(12-4-3-5-12)14(6-1-2-7-14)16-8-10-17-11-9-16/h12-13H,1-11,15H2. The lowest BCUT2D eigenvalue weighted by Crippen LogP contribution is -2.64. The van der Waals surface area contributed by atoms with Crippen LogP contribution in [0.1, 0.15) is 44.9 Å². The number of rotatable bonds is 3. The average Bonchev–Trinajstić information content (AvgIpc) is 2.78. The monoisotopic (exact) mass is 238 g/mol. The van der Waals surface area contributed by atoms with Gasteiger partial charge in [0.1, 0.15) is 0 Å². The molecule has 0 aromatic heterocycles. The first-order valence-corrected chi connectivity index (χ1v) is 7.41. The van der Waals surface area contributed by atoms with Crippen LogP contribution < -0.4 is 5.73 Å². The summed E-state index contributed by atoms with van der Waals surface area (Å²) in [6.45, 7) is 4.00. The van der Waals surface area contributed by atoms with Crippen LogP contribution in [0, 0.1) is 5.92 Å². The molecule has 0 aromatic carbocycles. The van der Waals surface area contributed by atoms with E-state index < -0.39 is 0 Å². The van der Waals surface area contributed by atoms with Gasteiger partial charge in [-0.2, -0.15) is 0 Å². The van der Waals surface area contributed by atoms with E-state index in [1.807, 2.05) is 0 Å². The van der Waals surface area contributed by atoms with Gasteiger partial charge in [-0.3, -0.25) is 4.90 Å². The third-order valence-electron chi connectivity index (χ3n) is 5.39. The van der Waals surface area contributed by atoms with E-state index in [1.165, 1.54) is 44.9 Å². The minimum atomic E-state index is 0.328. The molecule has 3 nitrogen and oxygen atoms in total. The van der Waals surface area contributed by atoms with Gasteiger partial charge in [-0.25, -0.2) is 0 Å². The van der Waals surface area contributed by atoms with Crippen LogP contribution in [-0.4, -0.2) is 42.8 Å². The van der Waals surface area contributed by atoms with Gasteiger partial charge in [0.15, 0.2) is 0 Å². The summed E-state index contributed by atoms with van der Waals surface area (Å²) in [5, 5.41) is 0. The highest BCUT2D eigenvalue weighted by molar-refractivity contribution is 5.06. The van der Waals surface area contributed by atoms with Gasteiger partial charge in [0.2, 0.25) is 0 Å². The van der Waals surface area contributed by atoms with E-state index >= 15 is 0 Å². The van der Waals surface area contributed by atoms with Crippen molar-refractivity contribution in [2.45, 2.75) is 56.5 Å². The summed E-state index contributed by atoms with van der Waals surface area (Å²) in [5.74, 6) is 0.802. The number of hydrogen-bond donors (Lipinski definition) is 1. The Bertz CT molecular complexity index is 249. The van der Waals surface area contributed by atoms with Gasteiger partial charge in [0.05, 0.1) is 13.2 Å². The fourth-order valence-corrected chi connectivity index (χ4v) is 4.09. The van der Waals surface area contributed by atoms with Crippen LogP contribution in [-0.2, 0) is 4.74 Å². The lowest BCUT2D eigenvalue weighted by atomic mass is 9.70. The summed E-state index contributed by atoms with van der Waals surface area (Å²) in [4.78, 5) is 2.67. The van der Waals surface area contributed by atoms with Crippen LogP contribution in [0.4, 0.5) is 0 Å². The number of ether oxygens (including phenoxy) is 1. The zero-order valence-electron chi connectivity index (χ0n) is 10.9. The molecule has 3 aliphatic rings. The first-order chi connectivity index (χ1) is 8.33. The van der Waals surface area contributed by atoms with Crippen LogP contribution in [0.15, 0.2) is 0 Å². The molecule has 0 amide bonds. The molecule has 98 valence electrons. The Balaban J connectivity index is 1.75. The Kier molecular flexibility index (Phi) is 3.42. The van der Waals surface area contributed by atoms with E-state index in [0.29, 0.717) is 11.6 Å². The predicted octanol–water partition coefficient (Wildman–Crippen LogP) is 1.76. The first kappa shape index (κ1) is 11.9. The van der Waals surface area contributed by atoms with Crippen molar-refractivity contribution in [3.8, 4) is 0 Å². The molecular weight excluding hydrogens is 212 g/mol. The molecule has 3 rings (SSSR count). The van der Waals surface area contributed by atoms with Gasteiger partial charge in [-0.1, -0.05) is 19.3 Å². The number of nitrogens with zero attached hydrogens (tertiary/aromatic N) is 1. The van der Waals surface area contributed by atoms with Crippen LogP contribution in [0.3, 0.4) is 0 Å². The Hall–Kier alpha value is -0.120. The molecule has 0 bridgehead atoms. The molecule has 0 radical (unpaired) electrons. The zero-order valence-corrected chi connectivity index (χ0v) is 10.9. The maximum absolute atomic E-state index is 6.67. The van der Waals surface area contributed by atoms with Gasteiger partial charge in [0.25, 0.3) is 0 Å². The van der Waals surface area contributed by atoms with Crippen LogP contribution >= 0.6 is 0 Å². The van der Waals surface area contributed by atoms with Crippen molar-refractivity contribution in [2.24, 2.45) is 11.7 Å². The summed E-state index contributed by atoms with van der Waals surface area (Å²) in [6, 6.07) is 0.414. The highest BCUT2D eigenvalue weighted by atomic mass is 16.5. The normalized spacial score (nSPS) is 32.3. The van der Waals surface area contributed by atoms with Crippen molar-refractivity contribution in [3.05, 3.63) is 0 Å². The van der Waals surface area contributed by atoms with Gasteiger partial charge in [-0.05, 0) is 31.6 Å². The van der Waals surface area contributed by atoms with E-state index in [9.17, 15) is 0 Å². The van der Waals surface area contributed by atoms with Crippen molar-refractivity contribution in [2.75, 3.05) is 26.3 Å². The topological polar surface area (TPSA) is 38.5 Å². The van der Waals surface area contributed by atoms with Crippen molar-refractivity contribution in [1.82, 2.24) is 4.90 Å². The molecule has 2 N–H and O–H groups in total. The van der Waals surface area contributed by atoms with E-state index in [4.69, 9.17) is 10.5 Å². The fraction of sp³-hybridized carbons (Fsp3) is 1.00. The minimum absolute atomic E-state index is 0.328. The summed E-state index contributed by atoms with van der Waals surface area (Å²) in [5.41, 5.74) is 7.00. The lowest BCUT2D eigenvalue weighted by Gasteiger charge is -2.51. The molecule has 1 saturated heterocycles. The molecule has 3 heteroatoms. The third kappa shape index (κ3) is 2.02. The SMILES string of the molecule is NC(C1CCC1)C1(N2CCOCC2)CCCC1. The molecule has 1 aliphatic heterocycles. The van der Waals surface area contributed by atoms with Crippen molar-refractivity contribution in [3.63, 3.8) is 0 Å². The van der Waals surface area contributed by atoms with E-state index in [-0.39, 0.29) is 0 Å². The second-order valence-corrected chi connectivity index (χ2v) is 6.13. The maximum atomic E-state index is 6.67. The number of nitrogens with two attached hydrogens (primary N) is 1. The largest absolute Gasteiger partial charge is 0.379 e. The van der Waals surface area contributed by atoms with Gasteiger partial charge in [-0.15, -0.1) is 0 Å². The molecule has 17 heavy (non-hydrogen) atoms.